The van der Waals surface area contributed by atoms with Crippen LogP contribution in [0.25, 0.3) is 0 Å². The molecule has 1 saturated carbocycles. The van der Waals surface area contributed by atoms with Crippen LogP contribution in [-0.4, -0.2) is 41.2 Å². The summed E-state index contributed by atoms with van der Waals surface area (Å²) < 4.78 is 0. The van der Waals surface area contributed by atoms with Crippen LogP contribution in [0.3, 0.4) is 0 Å². The second-order valence-corrected chi connectivity index (χ2v) is 6.36. The Labute approximate surface area is 123 Å². The van der Waals surface area contributed by atoms with Crippen molar-refractivity contribution in [1.29, 1.82) is 0 Å². The molecule has 1 aliphatic heterocycles. The topological polar surface area (TPSA) is 49.4 Å². The predicted octanol–water partition coefficient (Wildman–Crippen LogP) is 2.07. The van der Waals surface area contributed by atoms with E-state index in [9.17, 15) is 9.59 Å². The van der Waals surface area contributed by atoms with Gasteiger partial charge in [-0.05, 0) is 18.8 Å². The fourth-order valence-corrected chi connectivity index (χ4v) is 3.39. The van der Waals surface area contributed by atoms with Gasteiger partial charge >= 0.3 is 0 Å². The Balaban J connectivity index is 1.67. The molecule has 0 spiro atoms. The van der Waals surface area contributed by atoms with E-state index < -0.39 is 0 Å². The highest BCUT2D eigenvalue weighted by molar-refractivity contribution is 9.09. The molecule has 19 heavy (non-hydrogen) atoms. The van der Waals surface area contributed by atoms with Crippen LogP contribution < -0.4 is 5.32 Å². The van der Waals surface area contributed by atoms with Crippen LogP contribution in [0, 0.1) is 5.92 Å². The molecule has 108 valence electrons. The summed E-state index contributed by atoms with van der Waals surface area (Å²) in [5.74, 6) is 0.700. The van der Waals surface area contributed by atoms with Crippen LogP contribution in [0.15, 0.2) is 0 Å². The minimum absolute atomic E-state index is 0.0991. The van der Waals surface area contributed by atoms with Crippen LogP contribution in [0.2, 0.25) is 0 Å². The van der Waals surface area contributed by atoms with Gasteiger partial charge in [0.15, 0.2) is 0 Å². The van der Waals surface area contributed by atoms with Gasteiger partial charge in [-0.3, -0.25) is 9.59 Å². The molecule has 4 nitrogen and oxygen atoms in total. The van der Waals surface area contributed by atoms with E-state index >= 15 is 0 Å². The maximum Gasteiger partial charge on any atom is 0.222 e. The number of carbonyl (C=O) groups excluding carboxylic acids is 2. The highest BCUT2D eigenvalue weighted by Crippen LogP contribution is 2.20. The number of nitrogens with one attached hydrogen (secondary N) is 1. The number of rotatable bonds is 5. The van der Waals surface area contributed by atoms with Gasteiger partial charge in [-0.1, -0.05) is 35.2 Å². The zero-order valence-electron chi connectivity index (χ0n) is 11.4. The van der Waals surface area contributed by atoms with Gasteiger partial charge in [0, 0.05) is 37.3 Å². The van der Waals surface area contributed by atoms with Gasteiger partial charge in [0.1, 0.15) is 0 Å². The predicted molar refractivity (Wildman–Crippen MR) is 78.1 cm³/mol. The highest BCUT2D eigenvalue weighted by atomic mass is 79.9. The molecule has 0 aromatic carbocycles. The molecule has 2 fully saturated rings. The zero-order chi connectivity index (χ0) is 13.7. The molecule has 1 atom stereocenters. The van der Waals surface area contributed by atoms with E-state index in [4.69, 9.17) is 0 Å². The lowest BCUT2D eigenvalue weighted by Crippen LogP contribution is -2.38. The lowest BCUT2D eigenvalue weighted by Gasteiger charge is -2.23. The Morgan fingerprint density at radius 1 is 1.32 bits per heavy atom. The molecule has 0 radical (unpaired) electrons. The van der Waals surface area contributed by atoms with Gasteiger partial charge in [0.2, 0.25) is 11.8 Å². The Kier molecular flexibility index (Phi) is 5.67. The quantitative estimate of drug-likeness (QED) is 0.784. The third-order valence-corrected chi connectivity index (χ3v) is 5.01. The monoisotopic (exact) mass is 330 g/mol. The van der Waals surface area contributed by atoms with E-state index in [1.807, 2.05) is 4.90 Å². The number of carbonyl (C=O) groups is 2. The van der Waals surface area contributed by atoms with Gasteiger partial charge in [-0.25, -0.2) is 0 Å². The molecule has 1 heterocycles. The van der Waals surface area contributed by atoms with Crippen LogP contribution >= 0.6 is 15.9 Å². The third-order valence-electron chi connectivity index (χ3n) is 4.09. The number of hydrogen-bond acceptors (Lipinski definition) is 2. The van der Waals surface area contributed by atoms with Crippen molar-refractivity contribution in [2.75, 3.05) is 18.4 Å². The molecule has 0 bridgehead atoms. The van der Waals surface area contributed by atoms with Crippen LogP contribution in [0.5, 0.6) is 0 Å². The molecular formula is C14H23BrN2O2. The van der Waals surface area contributed by atoms with Gasteiger partial charge < -0.3 is 10.2 Å². The third kappa shape index (κ3) is 4.48. The molecule has 0 aromatic rings. The molecule has 1 saturated heterocycles. The first-order valence-electron chi connectivity index (χ1n) is 7.32. The fraction of sp³-hybridized carbons (Fsp3) is 0.857. The summed E-state index contributed by atoms with van der Waals surface area (Å²) in [6.07, 6.45) is 7.03. The van der Waals surface area contributed by atoms with Crippen molar-refractivity contribution in [3.63, 3.8) is 0 Å². The van der Waals surface area contributed by atoms with Crippen molar-refractivity contribution < 1.29 is 9.59 Å². The SMILES string of the molecule is O=C(CCN1CC(CBr)CC1=O)NC1CCCCC1. The minimum Gasteiger partial charge on any atom is -0.353 e. The summed E-state index contributed by atoms with van der Waals surface area (Å²) in [5, 5.41) is 3.96. The summed E-state index contributed by atoms with van der Waals surface area (Å²) in [6.45, 7) is 1.36. The fourth-order valence-electron chi connectivity index (χ4n) is 2.96. The molecule has 1 N–H and O–H groups in total. The zero-order valence-corrected chi connectivity index (χ0v) is 13.0. The van der Waals surface area contributed by atoms with Crippen LogP contribution in [0.4, 0.5) is 0 Å². The van der Waals surface area contributed by atoms with Gasteiger partial charge in [-0.2, -0.15) is 0 Å². The van der Waals surface area contributed by atoms with E-state index in [0.717, 1.165) is 24.7 Å². The number of halogens is 1. The van der Waals surface area contributed by atoms with Crippen molar-refractivity contribution >= 4 is 27.7 Å². The lowest BCUT2D eigenvalue weighted by atomic mass is 9.95. The lowest BCUT2D eigenvalue weighted by molar-refractivity contribution is -0.128. The van der Waals surface area contributed by atoms with Crippen LogP contribution in [-0.2, 0) is 9.59 Å². The Hall–Kier alpha value is -0.580. The first-order chi connectivity index (χ1) is 9.19. The number of hydrogen-bond donors (Lipinski definition) is 1. The number of alkyl halides is 1. The van der Waals surface area contributed by atoms with E-state index in [0.29, 0.717) is 31.3 Å². The molecular weight excluding hydrogens is 308 g/mol. The number of nitrogens with zero attached hydrogens (tertiary/aromatic N) is 1. The second-order valence-electron chi connectivity index (χ2n) is 5.72. The van der Waals surface area contributed by atoms with E-state index in [2.05, 4.69) is 21.2 Å². The molecule has 0 aromatic heterocycles. The van der Waals surface area contributed by atoms with Crippen molar-refractivity contribution in [1.82, 2.24) is 10.2 Å². The van der Waals surface area contributed by atoms with Gasteiger partial charge in [0.25, 0.3) is 0 Å². The summed E-state index contributed by atoms with van der Waals surface area (Å²) in [4.78, 5) is 25.4. The normalized spacial score (nSPS) is 24.8. The Bertz CT molecular complexity index is 329. The Morgan fingerprint density at radius 3 is 2.68 bits per heavy atom. The first-order valence-corrected chi connectivity index (χ1v) is 8.44. The molecule has 2 amide bonds. The average molecular weight is 331 g/mol. The second kappa shape index (κ2) is 7.27. The molecule has 5 heteroatoms. The smallest absolute Gasteiger partial charge is 0.222 e. The molecule has 1 aliphatic carbocycles. The maximum atomic E-state index is 11.9. The van der Waals surface area contributed by atoms with Gasteiger partial charge in [0.05, 0.1) is 0 Å². The van der Waals surface area contributed by atoms with Gasteiger partial charge in [-0.15, -0.1) is 0 Å². The summed E-state index contributed by atoms with van der Waals surface area (Å²) in [5.41, 5.74) is 0. The maximum absolute atomic E-state index is 11.9. The molecule has 2 rings (SSSR count). The molecule has 1 unspecified atom stereocenters. The van der Waals surface area contributed by atoms with E-state index in [1.54, 1.807) is 0 Å². The van der Waals surface area contributed by atoms with Crippen molar-refractivity contribution in [3.05, 3.63) is 0 Å². The van der Waals surface area contributed by atoms with E-state index in [1.165, 1.54) is 19.3 Å². The number of likely N-dealkylation sites (tertiary alicyclic amines) is 1. The largest absolute Gasteiger partial charge is 0.353 e. The van der Waals surface area contributed by atoms with Crippen molar-refractivity contribution in [2.45, 2.75) is 51.0 Å². The highest BCUT2D eigenvalue weighted by Gasteiger charge is 2.28. The van der Waals surface area contributed by atoms with Crippen LogP contribution in [0.1, 0.15) is 44.9 Å². The van der Waals surface area contributed by atoms with Crippen molar-refractivity contribution in [2.24, 2.45) is 5.92 Å². The first kappa shape index (κ1) is 14.8. The summed E-state index contributed by atoms with van der Waals surface area (Å²) >= 11 is 3.42. The summed E-state index contributed by atoms with van der Waals surface area (Å²) in [7, 11) is 0. The minimum atomic E-state index is 0.0991. The Morgan fingerprint density at radius 2 is 2.05 bits per heavy atom. The average Bonchev–Trinajstić information content (AvgIpc) is 2.78. The molecule has 2 aliphatic rings. The number of amides is 2. The van der Waals surface area contributed by atoms with Crippen molar-refractivity contribution in [3.8, 4) is 0 Å². The summed E-state index contributed by atoms with van der Waals surface area (Å²) in [6, 6.07) is 0.366. The standard InChI is InChI=1S/C14H23BrN2O2/c15-9-11-8-14(19)17(10-11)7-6-13(18)16-12-4-2-1-3-5-12/h11-12H,1-10H2,(H,16,18). The van der Waals surface area contributed by atoms with E-state index in [-0.39, 0.29) is 11.8 Å².